The lowest BCUT2D eigenvalue weighted by molar-refractivity contribution is -0.118. The Bertz CT molecular complexity index is 785. The van der Waals surface area contributed by atoms with Crippen molar-refractivity contribution in [1.29, 1.82) is 0 Å². The number of halogens is 2. The predicted molar refractivity (Wildman–Crippen MR) is 82.0 cm³/mol. The second-order valence-electron chi connectivity index (χ2n) is 4.46. The zero-order valence-electron chi connectivity index (χ0n) is 11.0. The number of amides is 3. The molecule has 0 atom stereocenters. The molecule has 0 saturated carbocycles. The van der Waals surface area contributed by atoms with Gasteiger partial charge in [-0.1, -0.05) is 29.3 Å². The van der Waals surface area contributed by atoms with Crippen LogP contribution >= 0.6 is 23.2 Å². The van der Waals surface area contributed by atoms with E-state index in [4.69, 9.17) is 27.6 Å². The molecule has 22 heavy (non-hydrogen) atoms. The van der Waals surface area contributed by atoms with Crippen LogP contribution in [0.3, 0.4) is 0 Å². The molecule has 8 heteroatoms. The number of benzene rings is 1. The summed E-state index contributed by atoms with van der Waals surface area (Å²) in [5.41, 5.74) is 0.655. The number of nitrogens with one attached hydrogen (secondary N) is 1. The van der Waals surface area contributed by atoms with Gasteiger partial charge in [0.2, 0.25) is 5.91 Å². The molecule has 1 saturated heterocycles. The molecule has 6 nitrogen and oxygen atoms in total. The first-order valence-corrected chi connectivity index (χ1v) is 7.00. The van der Waals surface area contributed by atoms with Gasteiger partial charge in [0.1, 0.15) is 18.1 Å². The summed E-state index contributed by atoms with van der Waals surface area (Å²) in [6.07, 6.45) is 1.35. The van der Waals surface area contributed by atoms with E-state index in [9.17, 15) is 9.59 Å². The van der Waals surface area contributed by atoms with E-state index >= 15 is 0 Å². The SMILES string of the molecule is O=C1CN(/N=C\c2ccc(-c3cccc(Cl)c3Cl)o2)C(=O)N1. The van der Waals surface area contributed by atoms with Crippen molar-refractivity contribution >= 4 is 41.4 Å². The molecule has 1 aromatic heterocycles. The standard InChI is InChI=1S/C14H9Cl2N3O3/c15-10-3-1-2-9(13(10)16)11-5-4-8(22-11)6-17-19-7-12(20)18-14(19)21/h1-6H,7H2,(H,18,20,21)/b17-6-. The van der Waals surface area contributed by atoms with E-state index in [-0.39, 0.29) is 6.54 Å². The lowest BCUT2D eigenvalue weighted by Gasteiger charge is -2.03. The van der Waals surface area contributed by atoms with Crippen LogP contribution in [0.4, 0.5) is 4.79 Å². The van der Waals surface area contributed by atoms with Crippen molar-refractivity contribution in [2.24, 2.45) is 5.10 Å². The summed E-state index contributed by atoms with van der Waals surface area (Å²) in [5.74, 6) is 0.544. The molecule has 1 fully saturated rings. The van der Waals surface area contributed by atoms with E-state index in [0.717, 1.165) is 5.01 Å². The number of carbonyl (C=O) groups is 2. The van der Waals surface area contributed by atoms with Gasteiger partial charge in [0, 0.05) is 5.56 Å². The lowest BCUT2D eigenvalue weighted by Crippen LogP contribution is -2.24. The van der Waals surface area contributed by atoms with E-state index in [1.165, 1.54) is 6.21 Å². The number of imide groups is 1. The number of hydrogen-bond acceptors (Lipinski definition) is 4. The molecule has 0 bridgehead atoms. The van der Waals surface area contributed by atoms with Crippen LogP contribution in [0.2, 0.25) is 10.0 Å². The average Bonchev–Trinajstić information content (AvgIpc) is 3.06. The number of nitrogens with zero attached hydrogens (tertiary/aromatic N) is 2. The second kappa shape index (κ2) is 5.82. The fourth-order valence-electron chi connectivity index (χ4n) is 1.91. The number of urea groups is 1. The van der Waals surface area contributed by atoms with Crippen LogP contribution in [0.5, 0.6) is 0 Å². The van der Waals surface area contributed by atoms with Crippen molar-refractivity contribution < 1.29 is 14.0 Å². The van der Waals surface area contributed by atoms with Crippen LogP contribution in [-0.2, 0) is 4.79 Å². The Morgan fingerprint density at radius 2 is 2.05 bits per heavy atom. The maximum absolute atomic E-state index is 11.3. The van der Waals surface area contributed by atoms with Crippen molar-refractivity contribution in [2.75, 3.05) is 6.54 Å². The van der Waals surface area contributed by atoms with Crippen molar-refractivity contribution in [2.45, 2.75) is 0 Å². The van der Waals surface area contributed by atoms with E-state index in [1.54, 1.807) is 30.3 Å². The lowest BCUT2D eigenvalue weighted by atomic mass is 10.2. The molecule has 1 aliphatic rings. The second-order valence-corrected chi connectivity index (χ2v) is 5.24. The molecule has 2 heterocycles. The molecular formula is C14H9Cl2N3O3. The molecule has 0 aliphatic carbocycles. The van der Waals surface area contributed by atoms with Gasteiger partial charge in [0.15, 0.2) is 0 Å². The third-order valence-corrected chi connectivity index (χ3v) is 3.76. The Hall–Kier alpha value is -2.31. The first-order valence-electron chi connectivity index (χ1n) is 6.24. The van der Waals surface area contributed by atoms with Gasteiger partial charge < -0.3 is 4.42 Å². The zero-order valence-corrected chi connectivity index (χ0v) is 12.6. The molecule has 0 spiro atoms. The molecule has 1 N–H and O–H groups in total. The normalized spacial score (nSPS) is 14.9. The summed E-state index contributed by atoms with van der Waals surface area (Å²) in [5, 5.41) is 7.85. The van der Waals surface area contributed by atoms with Crippen LogP contribution in [0.15, 0.2) is 39.9 Å². The minimum absolute atomic E-state index is 0.108. The summed E-state index contributed by atoms with van der Waals surface area (Å²) in [7, 11) is 0. The summed E-state index contributed by atoms with van der Waals surface area (Å²) >= 11 is 12.1. The highest BCUT2D eigenvalue weighted by atomic mass is 35.5. The van der Waals surface area contributed by atoms with Crippen LogP contribution in [0.25, 0.3) is 11.3 Å². The Kier molecular flexibility index (Phi) is 3.87. The third kappa shape index (κ3) is 2.84. The maximum atomic E-state index is 11.3. The highest BCUT2D eigenvalue weighted by Crippen LogP contribution is 2.34. The van der Waals surface area contributed by atoms with Gasteiger partial charge in [-0.2, -0.15) is 5.10 Å². The Morgan fingerprint density at radius 1 is 1.23 bits per heavy atom. The minimum atomic E-state index is -0.564. The highest BCUT2D eigenvalue weighted by Gasteiger charge is 2.26. The monoisotopic (exact) mass is 337 g/mol. The largest absolute Gasteiger partial charge is 0.455 e. The molecule has 3 amide bonds. The Labute approximate surface area is 135 Å². The third-order valence-electron chi connectivity index (χ3n) is 2.94. The van der Waals surface area contributed by atoms with Gasteiger partial charge in [0.05, 0.1) is 16.3 Å². The molecule has 0 unspecified atom stereocenters. The molecular weight excluding hydrogens is 329 g/mol. The Balaban J connectivity index is 1.81. The molecule has 1 aliphatic heterocycles. The van der Waals surface area contributed by atoms with Gasteiger partial charge in [-0.3, -0.25) is 10.1 Å². The first-order chi connectivity index (χ1) is 10.5. The van der Waals surface area contributed by atoms with Gasteiger partial charge in [-0.05, 0) is 24.3 Å². The van der Waals surface area contributed by atoms with Crippen molar-refractivity contribution in [3.63, 3.8) is 0 Å². The van der Waals surface area contributed by atoms with E-state index in [0.29, 0.717) is 27.1 Å². The summed E-state index contributed by atoms with van der Waals surface area (Å²) in [6.45, 7) is -0.108. The van der Waals surface area contributed by atoms with E-state index in [2.05, 4.69) is 10.4 Å². The van der Waals surface area contributed by atoms with Crippen molar-refractivity contribution in [1.82, 2.24) is 10.3 Å². The van der Waals surface area contributed by atoms with Crippen LogP contribution in [-0.4, -0.2) is 29.7 Å². The maximum Gasteiger partial charge on any atom is 0.344 e. The first kappa shape index (κ1) is 14.6. The highest BCUT2D eigenvalue weighted by molar-refractivity contribution is 6.43. The molecule has 0 radical (unpaired) electrons. The van der Waals surface area contributed by atoms with Crippen LogP contribution in [0.1, 0.15) is 5.76 Å². The fourth-order valence-corrected chi connectivity index (χ4v) is 2.31. The van der Waals surface area contributed by atoms with E-state index in [1.807, 2.05) is 0 Å². The van der Waals surface area contributed by atoms with Crippen molar-refractivity contribution in [3.05, 3.63) is 46.1 Å². The molecule has 3 rings (SSSR count). The Morgan fingerprint density at radius 3 is 2.77 bits per heavy atom. The quantitative estimate of drug-likeness (QED) is 0.690. The number of furan rings is 1. The van der Waals surface area contributed by atoms with Crippen molar-refractivity contribution in [3.8, 4) is 11.3 Å². The van der Waals surface area contributed by atoms with Crippen LogP contribution in [0, 0.1) is 0 Å². The average molecular weight is 338 g/mol. The van der Waals surface area contributed by atoms with Gasteiger partial charge in [-0.25, -0.2) is 9.80 Å². The number of carbonyl (C=O) groups excluding carboxylic acids is 2. The molecule has 112 valence electrons. The number of hydrazone groups is 1. The minimum Gasteiger partial charge on any atom is -0.455 e. The molecule has 2 aromatic rings. The number of rotatable bonds is 3. The summed E-state index contributed by atoms with van der Waals surface area (Å²) in [6, 6.07) is 8.05. The van der Waals surface area contributed by atoms with E-state index < -0.39 is 11.9 Å². The fraction of sp³-hybridized carbons (Fsp3) is 0.0714. The van der Waals surface area contributed by atoms with Gasteiger partial charge in [0.25, 0.3) is 0 Å². The van der Waals surface area contributed by atoms with Crippen LogP contribution < -0.4 is 5.32 Å². The smallest absolute Gasteiger partial charge is 0.344 e. The zero-order chi connectivity index (χ0) is 15.7. The predicted octanol–water partition coefficient (Wildman–Crippen LogP) is 3.14. The summed E-state index contributed by atoms with van der Waals surface area (Å²) < 4.78 is 5.59. The van der Waals surface area contributed by atoms with Gasteiger partial charge in [-0.15, -0.1) is 0 Å². The number of hydrogen-bond donors (Lipinski definition) is 1. The topological polar surface area (TPSA) is 74.9 Å². The summed E-state index contributed by atoms with van der Waals surface area (Å²) in [4.78, 5) is 22.4. The molecule has 1 aromatic carbocycles. The van der Waals surface area contributed by atoms with Gasteiger partial charge >= 0.3 is 6.03 Å².